The summed E-state index contributed by atoms with van der Waals surface area (Å²) in [4.78, 5) is 12.0. The number of aliphatic hydroxyl groups excluding tert-OH is 1. The van der Waals surface area contributed by atoms with Crippen molar-refractivity contribution in [2.24, 2.45) is 0 Å². The van der Waals surface area contributed by atoms with Crippen LogP contribution in [-0.2, 0) is 11.4 Å². The van der Waals surface area contributed by atoms with Crippen LogP contribution < -0.4 is 14.8 Å². The molecule has 0 heterocycles. The Kier molecular flexibility index (Phi) is 5.39. The van der Waals surface area contributed by atoms with Gasteiger partial charge in [0.25, 0.3) is 5.91 Å². The summed E-state index contributed by atoms with van der Waals surface area (Å²) in [6, 6.07) is 5.10. The van der Waals surface area contributed by atoms with E-state index in [1.165, 1.54) is 0 Å². The maximum absolute atomic E-state index is 12.0. The van der Waals surface area contributed by atoms with Crippen molar-refractivity contribution < 1.29 is 19.4 Å². The number of hydrogen-bond acceptors (Lipinski definition) is 4. The molecule has 1 unspecified atom stereocenters. The van der Waals surface area contributed by atoms with Gasteiger partial charge in [-0.1, -0.05) is 0 Å². The monoisotopic (exact) mass is 281 g/mol. The maximum atomic E-state index is 12.0. The Hall–Kier alpha value is -1.75. The minimum Gasteiger partial charge on any atom is -0.497 e. The summed E-state index contributed by atoms with van der Waals surface area (Å²) >= 11 is 0. The highest BCUT2D eigenvalue weighted by Gasteiger charge is 2.21. The normalized spacial score (nSPS) is 12.7. The van der Waals surface area contributed by atoms with E-state index in [1.807, 2.05) is 20.8 Å². The number of methoxy groups -OCH3 is 1. The first-order valence-corrected chi connectivity index (χ1v) is 6.53. The lowest BCUT2D eigenvalue weighted by atomic mass is 10.1. The largest absolute Gasteiger partial charge is 0.497 e. The van der Waals surface area contributed by atoms with Gasteiger partial charge in [-0.05, 0) is 45.9 Å². The highest BCUT2D eigenvalue weighted by molar-refractivity contribution is 5.81. The van der Waals surface area contributed by atoms with Crippen LogP contribution in [0, 0.1) is 0 Å². The highest BCUT2D eigenvalue weighted by atomic mass is 16.5. The molecule has 0 aromatic heterocycles. The molecule has 0 aliphatic heterocycles. The third-order valence-corrected chi connectivity index (χ3v) is 2.61. The Labute approximate surface area is 119 Å². The van der Waals surface area contributed by atoms with Crippen LogP contribution in [0.2, 0.25) is 0 Å². The standard InChI is InChI=1S/C15H23NO4/c1-10(14(18)16-15(2,3)4)20-13-7-6-12(19-5)8-11(13)9-17/h6-8,10,17H,9H2,1-5H3,(H,16,18). The molecule has 112 valence electrons. The number of aliphatic hydroxyl groups is 1. The van der Waals surface area contributed by atoms with Crippen LogP contribution in [0.4, 0.5) is 0 Å². The molecule has 0 saturated carbocycles. The van der Waals surface area contributed by atoms with Gasteiger partial charge in [-0.15, -0.1) is 0 Å². The number of benzene rings is 1. The van der Waals surface area contributed by atoms with E-state index in [0.29, 0.717) is 17.1 Å². The molecule has 0 aliphatic carbocycles. The van der Waals surface area contributed by atoms with Crippen LogP contribution >= 0.6 is 0 Å². The number of carbonyl (C=O) groups is 1. The molecule has 0 radical (unpaired) electrons. The molecule has 1 rings (SSSR count). The molecule has 20 heavy (non-hydrogen) atoms. The fourth-order valence-corrected chi connectivity index (χ4v) is 1.64. The molecule has 0 aliphatic rings. The fraction of sp³-hybridized carbons (Fsp3) is 0.533. The molecule has 0 fully saturated rings. The fourth-order valence-electron chi connectivity index (χ4n) is 1.64. The van der Waals surface area contributed by atoms with E-state index >= 15 is 0 Å². The molecule has 0 bridgehead atoms. The van der Waals surface area contributed by atoms with Gasteiger partial charge in [-0.3, -0.25) is 4.79 Å². The summed E-state index contributed by atoms with van der Waals surface area (Å²) in [6.07, 6.45) is -0.645. The van der Waals surface area contributed by atoms with E-state index in [1.54, 1.807) is 32.2 Å². The Bertz CT molecular complexity index is 465. The van der Waals surface area contributed by atoms with Gasteiger partial charge in [0.15, 0.2) is 6.10 Å². The summed E-state index contributed by atoms with van der Waals surface area (Å²) in [5.41, 5.74) is 0.272. The molecule has 5 heteroatoms. The lowest BCUT2D eigenvalue weighted by molar-refractivity contribution is -0.128. The van der Waals surface area contributed by atoms with E-state index in [0.717, 1.165) is 0 Å². The number of hydrogen-bond donors (Lipinski definition) is 2. The number of rotatable bonds is 5. The van der Waals surface area contributed by atoms with Crippen molar-refractivity contribution in [2.75, 3.05) is 7.11 Å². The SMILES string of the molecule is COc1ccc(OC(C)C(=O)NC(C)(C)C)c(CO)c1. The van der Waals surface area contributed by atoms with Gasteiger partial charge in [0.1, 0.15) is 11.5 Å². The average molecular weight is 281 g/mol. The van der Waals surface area contributed by atoms with E-state index in [-0.39, 0.29) is 18.1 Å². The summed E-state index contributed by atoms with van der Waals surface area (Å²) < 4.78 is 10.7. The first kappa shape index (κ1) is 16.3. The first-order valence-electron chi connectivity index (χ1n) is 6.53. The second-order valence-electron chi connectivity index (χ2n) is 5.63. The minimum atomic E-state index is -0.645. The lowest BCUT2D eigenvalue weighted by Gasteiger charge is -2.24. The Balaban J connectivity index is 2.80. The predicted molar refractivity (Wildman–Crippen MR) is 76.9 cm³/mol. The second kappa shape index (κ2) is 6.61. The third kappa shape index (κ3) is 4.74. The molecule has 0 saturated heterocycles. The molecule has 1 aromatic carbocycles. The summed E-state index contributed by atoms with van der Waals surface area (Å²) in [7, 11) is 1.55. The molecule has 1 atom stereocenters. The van der Waals surface area contributed by atoms with Crippen molar-refractivity contribution in [3.8, 4) is 11.5 Å². The lowest BCUT2D eigenvalue weighted by Crippen LogP contribution is -2.46. The van der Waals surface area contributed by atoms with Gasteiger partial charge in [0.2, 0.25) is 0 Å². The van der Waals surface area contributed by atoms with Crippen LogP contribution in [0.5, 0.6) is 11.5 Å². The van der Waals surface area contributed by atoms with Crippen molar-refractivity contribution in [1.82, 2.24) is 5.32 Å². The number of carbonyl (C=O) groups excluding carboxylic acids is 1. The predicted octanol–water partition coefficient (Wildman–Crippen LogP) is 1.87. The van der Waals surface area contributed by atoms with Gasteiger partial charge < -0.3 is 19.9 Å². The Morgan fingerprint density at radius 1 is 1.40 bits per heavy atom. The number of ether oxygens (including phenoxy) is 2. The van der Waals surface area contributed by atoms with Crippen molar-refractivity contribution in [3.63, 3.8) is 0 Å². The van der Waals surface area contributed by atoms with E-state index in [2.05, 4.69) is 5.32 Å². The summed E-state index contributed by atoms with van der Waals surface area (Å²) in [5, 5.41) is 12.2. The van der Waals surface area contributed by atoms with E-state index in [9.17, 15) is 9.90 Å². The van der Waals surface area contributed by atoms with Gasteiger partial charge in [-0.2, -0.15) is 0 Å². The first-order chi connectivity index (χ1) is 9.26. The molecule has 1 aromatic rings. The Morgan fingerprint density at radius 3 is 2.55 bits per heavy atom. The third-order valence-electron chi connectivity index (χ3n) is 2.61. The van der Waals surface area contributed by atoms with Gasteiger partial charge in [0, 0.05) is 11.1 Å². The zero-order valence-corrected chi connectivity index (χ0v) is 12.7. The van der Waals surface area contributed by atoms with Crippen LogP contribution in [-0.4, -0.2) is 29.8 Å². The van der Waals surface area contributed by atoms with Crippen LogP contribution in [0.25, 0.3) is 0 Å². The molecular weight excluding hydrogens is 258 g/mol. The molecule has 1 amide bonds. The highest BCUT2D eigenvalue weighted by Crippen LogP contribution is 2.25. The number of amides is 1. The average Bonchev–Trinajstić information content (AvgIpc) is 2.37. The quantitative estimate of drug-likeness (QED) is 0.864. The zero-order chi connectivity index (χ0) is 15.3. The minimum absolute atomic E-state index is 0.180. The van der Waals surface area contributed by atoms with Gasteiger partial charge >= 0.3 is 0 Å². The van der Waals surface area contributed by atoms with Crippen LogP contribution in [0.3, 0.4) is 0 Å². The zero-order valence-electron chi connectivity index (χ0n) is 12.7. The van der Waals surface area contributed by atoms with Crippen LogP contribution in [0.1, 0.15) is 33.3 Å². The van der Waals surface area contributed by atoms with Gasteiger partial charge in [0.05, 0.1) is 13.7 Å². The smallest absolute Gasteiger partial charge is 0.261 e. The van der Waals surface area contributed by atoms with Crippen molar-refractivity contribution in [1.29, 1.82) is 0 Å². The summed E-state index contributed by atoms with van der Waals surface area (Å²) in [6.45, 7) is 7.21. The topological polar surface area (TPSA) is 67.8 Å². The van der Waals surface area contributed by atoms with Crippen molar-refractivity contribution in [3.05, 3.63) is 23.8 Å². The van der Waals surface area contributed by atoms with Gasteiger partial charge in [-0.25, -0.2) is 0 Å². The molecule has 5 nitrogen and oxygen atoms in total. The van der Waals surface area contributed by atoms with E-state index < -0.39 is 6.10 Å². The molecular formula is C15H23NO4. The molecule has 0 spiro atoms. The molecule has 2 N–H and O–H groups in total. The second-order valence-corrected chi connectivity index (χ2v) is 5.63. The number of nitrogens with one attached hydrogen (secondary N) is 1. The van der Waals surface area contributed by atoms with E-state index in [4.69, 9.17) is 9.47 Å². The van der Waals surface area contributed by atoms with Crippen LogP contribution in [0.15, 0.2) is 18.2 Å². The van der Waals surface area contributed by atoms with Crippen molar-refractivity contribution in [2.45, 2.75) is 45.9 Å². The maximum Gasteiger partial charge on any atom is 0.261 e. The Morgan fingerprint density at radius 2 is 2.05 bits per heavy atom. The van der Waals surface area contributed by atoms with Crippen molar-refractivity contribution >= 4 is 5.91 Å². The summed E-state index contributed by atoms with van der Waals surface area (Å²) in [5.74, 6) is 0.912.